The average Bonchev–Trinajstić information content (AvgIpc) is 2.53. The fourth-order valence-electron chi connectivity index (χ4n) is 1.82. The number of halogens is 2. The van der Waals surface area contributed by atoms with Crippen molar-refractivity contribution in [3.05, 3.63) is 47.7 Å². The molecule has 0 saturated heterocycles. The highest BCUT2D eigenvalue weighted by molar-refractivity contribution is 7.98. The molecule has 0 fully saturated rings. The van der Waals surface area contributed by atoms with Gasteiger partial charge in [0.15, 0.2) is 5.16 Å². The maximum Gasteiger partial charge on any atom is 0.280 e. The lowest BCUT2D eigenvalue weighted by atomic mass is 10.1. The number of aliphatic hydroxyl groups excluding tert-OH is 1. The molecule has 7 heteroatoms. The fraction of sp³-hybridized carbons (Fsp3) is 0.286. The Morgan fingerprint density at radius 1 is 1.24 bits per heavy atom. The van der Waals surface area contributed by atoms with E-state index in [1.165, 1.54) is 17.8 Å². The highest BCUT2D eigenvalue weighted by Gasteiger charge is 2.16. The largest absolute Gasteiger partial charge is 0.394 e. The minimum Gasteiger partial charge on any atom is -0.394 e. The first kappa shape index (κ1) is 15.7. The van der Waals surface area contributed by atoms with Gasteiger partial charge in [0.25, 0.3) is 6.43 Å². The quantitative estimate of drug-likeness (QED) is 0.633. The van der Waals surface area contributed by atoms with Crippen molar-refractivity contribution < 1.29 is 13.9 Å². The van der Waals surface area contributed by atoms with Crippen molar-refractivity contribution in [2.75, 3.05) is 18.2 Å². The summed E-state index contributed by atoms with van der Waals surface area (Å²) >= 11 is 1.19. The van der Waals surface area contributed by atoms with Crippen LogP contribution in [0.15, 0.2) is 41.6 Å². The van der Waals surface area contributed by atoms with Gasteiger partial charge in [-0.05, 0) is 11.8 Å². The summed E-state index contributed by atoms with van der Waals surface area (Å²) in [4.78, 5) is 7.90. The average molecular weight is 311 g/mol. The molecule has 4 nitrogen and oxygen atoms in total. The van der Waals surface area contributed by atoms with E-state index in [4.69, 9.17) is 0 Å². The highest BCUT2D eigenvalue weighted by Crippen LogP contribution is 2.24. The molecule has 0 unspecified atom stereocenters. The fourth-order valence-corrected chi connectivity index (χ4v) is 2.20. The molecular weight excluding hydrogens is 296 g/mol. The minimum atomic E-state index is -2.66. The standard InChI is InChI=1S/C14H15F2N3OS/c1-21-14-18-10(13(15)16)7-12(19-14)17-11(8-20)9-5-3-2-4-6-9/h2-7,11,13,20H,8H2,1H3,(H,17,18,19)/t11-/m1/s1. The Kier molecular flexibility index (Phi) is 5.46. The second kappa shape index (κ2) is 7.33. The first-order valence-corrected chi connectivity index (χ1v) is 7.50. The second-order valence-corrected chi connectivity index (χ2v) is 5.03. The van der Waals surface area contributed by atoms with Gasteiger partial charge < -0.3 is 10.4 Å². The van der Waals surface area contributed by atoms with E-state index in [1.807, 2.05) is 30.3 Å². The smallest absolute Gasteiger partial charge is 0.280 e. The molecule has 0 saturated carbocycles. The number of hydrogen-bond donors (Lipinski definition) is 2. The molecule has 0 bridgehead atoms. The van der Waals surface area contributed by atoms with Gasteiger partial charge in [0.2, 0.25) is 0 Å². The third-order valence-corrected chi connectivity index (χ3v) is 3.39. The lowest BCUT2D eigenvalue weighted by Crippen LogP contribution is -2.16. The van der Waals surface area contributed by atoms with Crippen LogP contribution in [0.4, 0.5) is 14.6 Å². The topological polar surface area (TPSA) is 58.0 Å². The molecule has 2 N–H and O–H groups in total. The van der Waals surface area contributed by atoms with Gasteiger partial charge in [0, 0.05) is 6.07 Å². The molecule has 0 spiro atoms. The summed E-state index contributed by atoms with van der Waals surface area (Å²) in [6.45, 7) is -0.174. The van der Waals surface area contributed by atoms with Gasteiger partial charge in [-0.25, -0.2) is 18.7 Å². The molecule has 1 atom stereocenters. The molecule has 1 heterocycles. The number of rotatable bonds is 6. The maximum atomic E-state index is 12.8. The van der Waals surface area contributed by atoms with Gasteiger partial charge in [0.05, 0.1) is 12.6 Å². The Bertz CT molecular complexity index is 584. The first-order chi connectivity index (χ1) is 10.1. The Hall–Kier alpha value is -1.73. The second-order valence-electron chi connectivity index (χ2n) is 4.26. The van der Waals surface area contributed by atoms with Gasteiger partial charge in [-0.1, -0.05) is 42.1 Å². The molecule has 2 rings (SSSR count). The summed E-state index contributed by atoms with van der Waals surface area (Å²) in [7, 11) is 0. The van der Waals surface area contributed by atoms with Crippen molar-refractivity contribution in [2.45, 2.75) is 17.6 Å². The Labute approximate surface area is 125 Å². The predicted molar refractivity (Wildman–Crippen MR) is 78.7 cm³/mol. The monoisotopic (exact) mass is 311 g/mol. The van der Waals surface area contributed by atoms with Crippen LogP contribution in [-0.4, -0.2) is 27.9 Å². The molecule has 0 aliphatic carbocycles. The summed E-state index contributed by atoms with van der Waals surface area (Å²) in [5, 5.41) is 12.7. The molecule has 2 aromatic rings. The summed E-state index contributed by atoms with van der Waals surface area (Å²) in [5.74, 6) is 0.271. The van der Waals surface area contributed by atoms with E-state index >= 15 is 0 Å². The molecule has 1 aromatic carbocycles. The summed E-state index contributed by atoms with van der Waals surface area (Å²) < 4.78 is 25.7. The number of benzene rings is 1. The van der Waals surface area contributed by atoms with E-state index < -0.39 is 12.5 Å². The van der Waals surface area contributed by atoms with Crippen LogP contribution in [0.25, 0.3) is 0 Å². The lowest BCUT2D eigenvalue weighted by Gasteiger charge is -2.18. The minimum absolute atomic E-state index is 0.174. The number of alkyl halides is 2. The molecule has 0 aliphatic heterocycles. The Morgan fingerprint density at radius 2 is 1.95 bits per heavy atom. The van der Waals surface area contributed by atoms with Crippen LogP contribution >= 0.6 is 11.8 Å². The number of aromatic nitrogens is 2. The molecule has 0 amide bonds. The van der Waals surface area contributed by atoms with Crippen molar-refractivity contribution in [2.24, 2.45) is 0 Å². The Balaban J connectivity index is 2.27. The molecule has 0 radical (unpaired) electrons. The van der Waals surface area contributed by atoms with E-state index in [1.54, 1.807) is 6.26 Å². The predicted octanol–water partition coefficient (Wildman–Crippen LogP) is 3.28. The molecule has 21 heavy (non-hydrogen) atoms. The van der Waals surface area contributed by atoms with Crippen LogP contribution in [0.5, 0.6) is 0 Å². The van der Waals surface area contributed by atoms with Crippen molar-refractivity contribution in [1.82, 2.24) is 9.97 Å². The maximum absolute atomic E-state index is 12.8. The lowest BCUT2D eigenvalue weighted by molar-refractivity contribution is 0.145. The zero-order valence-corrected chi connectivity index (χ0v) is 12.1. The third kappa shape index (κ3) is 4.12. The zero-order chi connectivity index (χ0) is 15.2. The van der Waals surface area contributed by atoms with Gasteiger partial charge in [-0.2, -0.15) is 0 Å². The number of thioether (sulfide) groups is 1. The number of anilines is 1. The van der Waals surface area contributed by atoms with Crippen LogP contribution < -0.4 is 5.32 Å². The molecule has 1 aromatic heterocycles. The summed E-state index contributed by atoms with van der Waals surface area (Å²) in [6, 6.07) is 10.0. The molecule has 112 valence electrons. The summed E-state index contributed by atoms with van der Waals surface area (Å²) in [5.41, 5.74) is 0.518. The van der Waals surface area contributed by atoms with Crippen LogP contribution in [-0.2, 0) is 0 Å². The van der Waals surface area contributed by atoms with Gasteiger partial charge in [-0.15, -0.1) is 0 Å². The highest BCUT2D eigenvalue weighted by atomic mass is 32.2. The van der Waals surface area contributed by atoms with E-state index in [0.717, 1.165) is 5.56 Å². The van der Waals surface area contributed by atoms with E-state index in [2.05, 4.69) is 15.3 Å². The normalized spacial score (nSPS) is 12.4. The van der Waals surface area contributed by atoms with Crippen molar-refractivity contribution in [3.63, 3.8) is 0 Å². The number of hydrogen-bond acceptors (Lipinski definition) is 5. The van der Waals surface area contributed by atoms with E-state index in [0.29, 0.717) is 0 Å². The summed E-state index contributed by atoms with van der Waals surface area (Å²) in [6.07, 6.45) is -0.946. The van der Waals surface area contributed by atoms with Gasteiger partial charge in [0.1, 0.15) is 11.5 Å². The SMILES string of the molecule is CSc1nc(N[C@H](CO)c2ccccc2)cc(C(F)F)n1. The number of nitrogens with one attached hydrogen (secondary N) is 1. The van der Waals surface area contributed by atoms with Crippen LogP contribution in [0.2, 0.25) is 0 Å². The van der Waals surface area contributed by atoms with Crippen molar-refractivity contribution >= 4 is 17.6 Å². The van der Waals surface area contributed by atoms with Crippen molar-refractivity contribution in [1.29, 1.82) is 0 Å². The number of aliphatic hydroxyl groups is 1. The van der Waals surface area contributed by atoms with Gasteiger partial charge in [-0.3, -0.25) is 0 Å². The first-order valence-electron chi connectivity index (χ1n) is 6.27. The van der Waals surface area contributed by atoms with Crippen LogP contribution in [0, 0.1) is 0 Å². The van der Waals surface area contributed by atoms with Gasteiger partial charge >= 0.3 is 0 Å². The molecule has 0 aliphatic rings. The van der Waals surface area contributed by atoms with E-state index in [9.17, 15) is 13.9 Å². The third-order valence-electron chi connectivity index (χ3n) is 2.84. The van der Waals surface area contributed by atoms with Crippen LogP contribution in [0.3, 0.4) is 0 Å². The van der Waals surface area contributed by atoms with Crippen LogP contribution in [0.1, 0.15) is 23.7 Å². The zero-order valence-electron chi connectivity index (χ0n) is 11.3. The number of nitrogens with zero attached hydrogens (tertiary/aromatic N) is 2. The molecular formula is C14H15F2N3OS. The van der Waals surface area contributed by atoms with E-state index in [-0.39, 0.29) is 23.3 Å². The Morgan fingerprint density at radius 3 is 2.52 bits per heavy atom. The van der Waals surface area contributed by atoms with Crippen molar-refractivity contribution in [3.8, 4) is 0 Å².